The summed E-state index contributed by atoms with van der Waals surface area (Å²) in [5.41, 5.74) is 2.05. The molecular weight excluding hydrogens is 240 g/mol. The van der Waals surface area contributed by atoms with Crippen molar-refractivity contribution < 1.29 is 14.6 Å². The minimum atomic E-state index is -0.355. The third kappa shape index (κ3) is 4.35. The average Bonchev–Trinajstić information content (AvgIpc) is 2.25. The molecule has 0 fully saturated rings. The number of ether oxygens (including phenoxy) is 1. The van der Waals surface area contributed by atoms with Gasteiger partial charge in [0.05, 0.1) is 13.2 Å². The molecule has 0 bridgehead atoms. The van der Waals surface area contributed by atoms with Gasteiger partial charge in [0.15, 0.2) is 0 Å². The molecule has 3 heteroatoms. The maximum absolute atomic E-state index is 11.1. The molecule has 1 N–H and O–H groups in total. The number of rotatable bonds is 3. The van der Waals surface area contributed by atoms with Crippen molar-refractivity contribution in [2.75, 3.05) is 7.11 Å². The quantitative estimate of drug-likeness (QED) is 0.369. The number of aliphatic hydroxyl groups excluding tert-OH is 1. The maximum atomic E-state index is 11.1. The van der Waals surface area contributed by atoms with Crippen LogP contribution in [-0.4, -0.2) is 24.3 Å². The molecule has 0 aromatic carbocycles. The van der Waals surface area contributed by atoms with Gasteiger partial charge in [-0.15, -0.1) is 0 Å². The molecule has 3 nitrogen and oxygen atoms in total. The minimum Gasteiger partial charge on any atom is -0.466 e. The van der Waals surface area contributed by atoms with Gasteiger partial charge in [-0.2, -0.15) is 0 Å². The molecule has 0 spiro atoms. The lowest BCUT2D eigenvalue weighted by Crippen LogP contribution is -2.32. The van der Waals surface area contributed by atoms with Crippen LogP contribution >= 0.6 is 0 Å². The van der Waals surface area contributed by atoms with Crippen molar-refractivity contribution in [2.24, 2.45) is 11.3 Å². The van der Waals surface area contributed by atoms with Crippen LogP contribution in [0.4, 0.5) is 0 Å². The zero-order valence-electron chi connectivity index (χ0n) is 12.4. The fraction of sp³-hybridized carbons (Fsp3) is 0.562. The van der Waals surface area contributed by atoms with Gasteiger partial charge in [0.1, 0.15) is 0 Å². The lowest BCUT2D eigenvalue weighted by atomic mass is 9.67. The van der Waals surface area contributed by atoms with Gasteiger partial charge in [-0.3, -0.25) is 0 Å². The van der Waals surface area contributed by atoms with Crippen molar-refractivity contribution in [1.82, 2.24) is 0 Å². The van der Waals surface area contributed by atoms with Gasteiger partial charge in [0.25, 0.3) is 0 Å². The van der Waals surface area contributed by atoms with E-state index in [0.29, 0.717) is 0 Å². The number of hydrogen-bond acceptors (Lipinski definition) is 3. The Morgan fingerprint density at radius 1 is 1.53 bits per heavy atom. The summed E-state index contributed by atoms with van der Waals surface area (Å²) in [6.07, 6.45) is 7.83. The molecule has 1 rings (SSSR count). The van der Waals surface area contributed by atoms with E-state index in [1.54, 1.807) is 0 Å². The maximum Gasteiger partial charge on any atom is 0.330 e. The van der Waals surface area contributed by atoms with Gasteiger partial charge in [-0.1, -0.05) is 37.6 Å². The highest BCUT2D eigenvalue weighted by molar-refractivity contribution is 5.83. The summed E-state index contributed by atoms with van der Waals surface area (Å²) in [7, 11) is 1.37. The van der Waals surface area contributed by atoms with Crippen LogP contribution < -0.4 is 0 Å². The van der Waals surface area contributed by atoms with Crippen LogP contribution in [0.2, 0.25) is 0 Å². The van der Waals surface area contributed by atoms with E-state index >= 15 is 0 Å². The van der Waals surface area contributed by atoms with E-state index in [1.165, 1.54) is 18.8 Å². The number of carbonyl (C=O) groups excluding carboxylic acids is 1. The summed E-state index contributed by atoms with van der Waals surface area (Å²) in [6.45, 7) is 8.22. The molecular formula is C16H24O3. The van der Waals surface area contributed by atoms with E-state index in [0.717, 1.165) is 12.0 Å². The molecule has 0 amide bonds. The fourth-order valence-electron chi connectivity index (χ4n) is 2.70. The molecule has 0 aliphatic heterocycles. The van der Waals surface area contributed by atoms with Crippen molar-refractivity contribution in [3.05, 3.63) is 35.5 Å². The molecule has 1 aliphatic rings. The third-order valence-electron chi connectivity index (χ3n) is 3.62. The number of aliphatic hydroxyl groups is 1. The number of methoxy groups -OCH3 is 1. The van der Waals surface area contributed by atoms with Gasteiger partial charge in [0, 0.05) is 12.0 Å². The molecule has 0 heterocycles. The third-order valence-corrected chi connectivity index (χ3v) is 3.62. The predicted molar refractivity (Wildman–Crippen MR) is 76.6 cm³/mol. The van der Waals surface area contributed by atoms with Crippen molar-refractivity contribution in [3.8, 4) is 0 Å². The Balaban J connectivity index is 2.88. The number of allylic oxidation sites excluding steroid dienone is 4. The first-order valence-corrected chi connectivity index (χ1v) is 6.57. The van der Waals surface area contributed by atoms with E-state index in [4.69, 9.17) is 0 Å². The molecule has 19 heavy (non-hydrogen) atoms. The smallest absolute Gasteiger partial charge is 0.330 e. The van der Waals surface area contributed by atoms with Crippen LogP contribution in [0, 0.1) is 11.3 Å². The Morgan fingerprint density at radius 2 is 2.16 bits per heavy atom. The second kappa shape index (κ2) is 6.20. The van der Waals surface area contributed by atoms with Gasteiger partial charge in [-0.05, 0) is 31.3 Å². The summed E-state index contributed by atoms with van der Waals surface area (Å²) in [5, 5.41) is 9.79. The zero-order chi connectivity index (χ0) is 14.6. The second-order valence-corrected chi connectivity index (χ2v) is 5.92. The summed E-state index contributed by atoms with van der Waals surface area (Å²) < 4.78 is 4.60. The van der Waals surface area contributed by atoms with Gasteiger partial charge in [-0.25, -0.2) is 4.79 Å². The fourth-order valence-corrected chi connectivity index (χ4v) is 2.70. The van der Waals surface area contributed by atoms with Gasteiger partial charge in [0.2, 0.25) is 0 Å². The first-order chi connectivity index (χ1) is 8.76. The van der Waals surface area contributed by atoms with Crippen LogP contribution in [0.5, 0.6) is 0 Å². The van der Waals surface area contributed by atoms with Crippen LogP contribution in [0.25, 0.3) is 0 Å². The van der Waals surface area contributed by atoms with Crippen LogP contribution in [0.1, 0.15) is 34.1 Å². The molecule has 106 valence electrons. The molecule has 0 saturated heterocycles. The number of carbonyl (C=O) groups is 1. The summed E-state index contributed by atoms with van der Waals surface area (Å²) in [4.78, 5) is 11.1. The van der Waals surface area contributed by atoms with Gasteiger partial charge >= 0.3 is 5.97 Å². The van der Waals surface area contributed by atoms with E-state index in [-0.39, 0.29) is 23.4 Å². The first kappa shape index (κ1) is 15.7. The summed E-state index contributed by atoms with van der Waals surface area (Å²) in [6, 6.07) is 0. The number of esters is 1. The van der Waals surface area contributed by atoms with Crippen LogP contribution in [0.15, 0.2) is 35.5 Å². The summed E-state index contributed by atoms with van der Waals surface area (Å²) >= 11 is 0. The standard InChI is InChI=1S/C16H24O3/c1-11(8-15(18)19-5)6-7-14-12(2)9-13(17)10-16(14,3)4/h6-9,13-14,17H,10H2,1-5H3/b7-6+,11-8-/t13-,14-/m0/s1. The normalized spacial score (nSPS) is 27.3. The highest BCUT2D eigenvalue weighted by atomic mass is 16.5. The Labute approximate surface area is 115 Å². The number of hydrogen-bond donors (Lipinski definition) is 1. The average molecular weight is 264 g/mol. The summed E-state index contributed by atoms with van der Waals surface area (Å²) in [5.74, 6) is -0.0652. The topological polar surface area (TPSA) is 46.5 Å². The zero-order valence-corrected chi connectivity index (χ0v) is 12.4. The van der Waals surface area contributed by atoms with E-state index < -0.39 is 0 Å². The Hall–Kier alpha value is -1.35. The molecule has 0 aromatic rings. The Morgan fingerprint density at radius 3 is 2.68 bits per heavy atom. The van der Waals surface area contributed by atoms with Crippen molar-refractivity contribution in [2.45, 2.75) is 40.2 Å². The largest absolute Gasteiger partial charge is 0.466 e. The van der Waals surface area contributed by atoms with Crippen LogP contribution in [0.3, 0.4) is 0 Å². The molecule has 2 atom stereocenters. The molecule has 0 aromatic heterocycles. The van der Waals surface area contributed by atoms with E-state index in [2.05, 4.69) is 24.7 Å². The predicted octanol–water partition coefficient (Wildman–Crippen LogP) is 3.02. The van der Waals surface area contributed by atoms with Crippen molar-refractivity contribution in [1.29, 1.82) is 0 Å². The highest BCUT2D eigenvalue weighted by Gasteiger charge is 2.34. The molecule has 0 unspecified atom stereocenters. The molecule has 0 radical (unpaired) electrons. The Bertz CT molecular complexity index is 427. The van der Waals surface area contributed by atoms with Crippen molar-refractivity contribution in [3.63, 3.8) is 0 Å². The highest BCUT2D eigenvalue weighted by Crippen LogP contribution is 2.41. The second-order valence-electron chi connectivity index (χ2n) is 5.92. The monoisotopic (exact) mass is 264 g/mol. The van der Waals surface area contributed by atoms with Gasteiger partial charge < -0.3 is 9.84 Å². The molecule has 0 saturated carbocycles. The van der Waals surface area contributed by atoms with E-state index in [9.17, 15) is 9.90 Å². The Kier molecular flexibility index (Phi) is 5.12. The lowest BCUT2D eigenvalue weighted by molar-refractivity contribution is -0.134. The minimum absolute atomic E-state index is 0.0142. The van der Waals surface area contributed by atoms with Crippen LogP contribution in [-0.2, 0) is 9.53 Å². The molecule has 1 aliphatic carbocycles. The SMILES string of the molecule is COC(=O)/C=C(C)\C=C\[C@H]1C(C)=C[C@H](O)CC1(C)C. The first-order valence-electron chi connectivity index (χ1n) is 6.57. The van der Waals surface area contributed by atoms with E-state index in [1.807, 2.05) is 26.0 Å². The van der Waals surface area contributed by atoms with Crippen molar-refractivity contribution >= 4 is 5.97 Å². The lowest BCUT2D eigenvalue weighted by Gasteiger charge is -2.38.